The van der Waals surface area contributed by atoms with Gasteiger partial charge in [-0.05, 0) is 26.2 Å². The van der Waals surface area contributed by atoms with Crippen LogP contribution in [-0.4, -0.2) is 19.6 Å². The number of esters is 1. The van der Waals surface area contributed by atoms with Gasteiger partial charge in [0.05, 0.1) is 0 Å². The van der Waals surface area contributed by atoms with Crippen LogP contribution in [-0.2, 0) is 9.53 Å². The molecule has 1 unspecified atom stereocenters. The number of unbranched alkanes of at least 4 members (excludes halogenated alkanes) is 3. The van der Waals surface area contributed by atoms with Crippen molar-refractivity contribution >= 4 is 14.0 Å². The van der Waals surface area contributed by atoms with Crippen molar-refractivity contribution in [2.24, 2.45) is 0 Å². The lowest BCUT2D eigenvalue weighted by Gasteiger charge is -2.23. The molecule has 0 aromatic carbocycles. The second kappa shape index (κ2) is 8.07. The van der Waals surface area contributed by atoms with Gasteiger partial charge in [-0.15, -0.1) is 17.9 Å². The van der Waals surface area contributed by atoms with E-state index in [-0.39, 0.29) is 5.97 Å². The summed E-state index contributed by atoms with van der Waals surface area (Å²) in [5.74, 6) is 5.50. The van der Waals surface area contributed by atoms with Gasteiger partial charge < -0.3 is 4.74 Å². The van der Waals surface area contributed by atoms with Crippen molar-refractivity contribution in [3.8, 4) is 23.8 Å². The zero-order chi connectivity index (χ0) is 14.9. The number of hydrogen-bond donors (Lipinski definition) is 0. The Hall–Kier alpha value is -1.19. The molecule has 0 bridgehead atoms. The lowest BCUT2D eigenvalue weighted by molar-refractivity contribution is -0.150. The molecule has 0 fully saturated rings. The Balaban J connectivity index is 3.88. The van der Waals surface area contributed by atoms with Gasteiger partial charge in [0, 0.05) is 13.3 Å². The molecule has 0 radical (unpaired) electrons. The molecule has 0 amide bonds. The fraction of sp³-hybridized carbons (Fsp3) is 0.688. The fourth-order valence-corrected chi connectivity index (χ4v) is 2.31. The molecule has 0 heterocycles. The summed E-state index contributed by atoms with van der Waals surface area (Å²) < 4.78 is 5.16. The first-order valence-corrected chi connectivity index (χ1v) is 10.4. The molecular formula is C16H26O2Si. The Morgan fingerprint density at radius 2 is 1.89 bits per heavy atom. The van der Waals surface area contributed by atoms with Crippen molar-refractivity contribution in [3.05, 3.63) is 0 Å². The molecule has 0 aromatic heterocycles. The minimum atomic E-state index is -1.22. The van der Waals surface area contributed by atoms with Crippen molar-refractivity contribution in [1.82, 2.24) is 0 Å². The van der Waals surface area contributed by atoms with E-state index in [1.807, 2.05) is 0 Å². The van der Waals surface area contributed by atoms with Crippen molar-refractivity contribution in [3.63, 3.8) is 0 Å². The molecule has 0 rings (SSSR count). The highest BCUT2D eigenvalue weighted by atomic mass is 28.3. The number of terminal acetylenes is 1. The zero-order valence-electron chi connectivity index (χ0n) is 12.9. The average Bonchev–Trinajstić information content (AvgIpc) is 2.25. The van der Waals surface area contributed by atoms with Crippen molar-refractivity contribution in [2.75, 3.05) is 0 Å². The van der Waals surface area contributed by atoms with Crippen LogP contribution in [0.3, 0.4) is 0 Å². The van der Waals surface area contributed by atoms with E-state index < -0.39 is 13.7 Å². The Labute approximate surface area is 119 Å². The summed E-state index contributed by atoms with van der Waals surface area (Å²) in [4.78, 5) is 11.0. The predicted octanol–water partition coefficient (Wildman–Crippen LogP) is 3.77. The third-order valence-corrected chi connectivity index (χ3v) is 3.52. The fourth-order valence-electron chi connectivity index (χ4n) is 1.65. The summed E-state index contributed by atoms with van der Waals surface area (Å²) >= 11 is 0. The zero-order valence-corrected chi connectivity index (χ0v) is 13.9. The maximum absolute atomic E-state index is 11.0. The van der Waals surface area contributed by atoms with Crippen LogP contribution in [0.1, 0.15) is 46.0 Å². The van der Waals surface area contributed by atoms with Crippen LogP contribution < -0.4 is 0 Å². The molecule has 0 N–H and O–H groups in total. The number of carbonyl (C=O) groups excluding carboxylic acids is 1. The molecule has 0 aliphatic heterocycles. The third-order valence-electron chi connectivity index (χ3n) is 2.59. The first-order chi connectivity index (χ1) is 8.68. The van der Waals surface area contributed by atoms with Gasteiger partial charge in [0.25, 0.3) is 0 Å². The largest absolute Gasteiger partial charge is 0.446 e. The Kier molecular flexibility index (Phi) is 7.57. The van der Waals surface area contributed by atoms with E-state index in [1.54, 1.807) is 6.92 Å². The molecule has 0 aromatic rings. The molecular weight excluding hydrogens is 252 g/mol. The van der Waals surface area contributed by atoms with E-state index >= 15 is 0 Å². The molecule has 0 aliphatic carbocycles. The lowest BCUT2D eigenvalue weighted by atomic mass is 9.98. The van der Waals surface area contributed by atoms with E-state index in [0.717, 1.165) is 25.7 Å². The van der Waals surface area contributed by atoms with Crippen molar-refractivity contribution in [2.45, 2.75) is 71.2 Å². The van der Waals surface area contributed by atoms with E-state index in [0.29, 0.717) is 6.42 Å². The monoisotopic (exact) mass is 278 g/mol. The normalized spacial score (nSPS) is 13.7. The molecule has 0 spiro atoms. The van der Waals surface area contributed by atoms with Crippen molar-refractivity contribution < 1.29 is 9.53 Å². The number of hydrogen-bond acceptors (Lipinski definition) is 2. The Bertz CT molecular complexity index is 390. The molecule has 0 aliphatic rings. The van der Waals surface area contributed by atoms with Gasteiger partial charge in [-0.1, -0.05) is 32.0 Å². The summed E-state index contributed by atoms with van der Waals surface area (Å²) in [5, 5.41) is 0. The first-order valence-electron chi connectivity index (χ1n) is 6.86. The highest BCUT2D eigenvalue weighted by Crippen LogP contribution is 2.19. The standard InChI is InChI=1S/C16H26O2Si/c1-7-16(3,18-15(2)17)13-11-9-8-10-12-14-19(4,5)6/h1H,8-11,13H2,2-6H3. The summed E-state index contributed by atoms with van der Waals surface area (Å²) in [7, 11) is -1.22. The maximum atomic E-state index is 11.0. The summed E-state index contributed by atoms with van der Waals surface area (Å²) in [6.45, 7) is 9.92. The van der Waals surface area contributed by atoms with Crippen LogP contribution in [0.2, 0.25) is 19.6 Å². The summed E-state index contributed by atoms with van der Waals surface area (Å²) in [5.41, 5.74) is 2.60. The van der Waals surface area contributed by atoms with Gasteiger partial charge in [-0.2, -0.15) is 0 Å². The van der Waals surface area contributed by atoms with Crippen LogP contribution >= 0.6 is 0 Å². The van der Waals surface area contributed by atoms with Crippen molar-refractivity contribution in [1.29, 1.82) is 0 Å². The third kappa shape index (κ3) is 10.4. The van der Waals surface area contributed by atoms with E-state index in [9.17, 15) is 4.79 Å². The molecule has 0 saturated carbocycles. The van der Waals surface area contributed by atoms with Gasteiger partial charge in [0.2, 0.25) is 0 Å². The Morgan fingerprint density at radius 3 is 2.37 bits per heavy atom. The topological polar surface area (TPSA) is 26.3 Å². The second-order valence-corrected chi connectivity index (χ2v) is 10.8. The second-order valence-electron chi connectivity index (χ2n) is 6.08. The van der Waals surface area contributed by atoms with Crippen LogP contribution in [0.5, 0.6) is 0 Å². The molecule has 19 heavy (non-hydrogen) atoms. The van der Waals surface area contributed by atoms with Crippen LogP contribution in [0.4, 0.5) is 0 Å². The van der Waals surface area contributed by atoms with Crippen LogP contribution in [0, 0.1) is 23.8 Å². The maximum Gasteiger partial charge on any atom is 0.304 e. The van der Waals surface area contributed by atoms with E-state index in [4.69, 9.17) is 11.2 Å². The number of rotatable bonds is 6. The quantitative estimate of drug-likeness (QED) is 0.320. The van der Waals surface area contributed by atoms with E-state index in [2.05, 4.69) is 37.0 Å². The van der Waals surface area contributed by atoms with Gasteiger partial charge in [0.1, 0.15) is 8.07 Å². The molecule has 106 valence electrons. The van der Waals surface area contributed by atoms with Crippen LogP contribution in [0.25, 0.3) is 0 Å². The minimum absolute atomic E-state index is 0.318. The number of ether oxygens (including phenoxy) is 1. The minimum Gasteiger partial charge on any atom is -0.446 e. The van der Waals surface area contributed by atoms with E-state index in [1.165, 1.54) is 6.92 Å². The molecule has 3 heteroatoms. The summed E-state index contributed by atoms with van der Waals surface area (Å²) in [6.07, 6.45) is 10.2. The van der Waals surface area contributed by atoms with Gasteiger partial charge in [-0.25, -0.2) is 0 Å². The number of carbonyl (C=O) groups is 1. The van der Waals surface area contributed by atoms with Gasteiger partial charge in [-0.3, -0.25) is 4.79 Å². The SMILES string of the molecule is C#CC(C)(CCCCCC#C[Si](C)(C)C)OC(C)=O. The average molecular weight is 278 g/mol. The lowest BCUT2D eigenvalue weighted by Crippen LogP contribution is -2.28. The summed E-state index contributed by atoms with van der Waals surface area (Å²) in [6, 6.07) is 0. The molecule has 1 atom stereocenters. The van der Waals surface area contributed by atoms with Crippen LogP contribution in [0.15, 0.2) is 0 Å². The highest BCUT2D eigenvalue weighted by molar-refractivity contribution is 6.83. The highest BCUT2D eigenvalue weighted by Gasteiger charge is 2.23. The van der Waals surface area contributed by atoms with Gasteiger partial charge in [0.15, 0.2) is 5.60 Å². The smallest absolute Gasteiger partial charge is 0.304 e. The predicted molar refractivity (Wildman–Crippen MR) is 83.2 cm³/mol. The first kappa shape index (κ1) is 17.8. The molecule has 0 saturated heterocycles. The van der Waals surface area contributed by atoms with Gasteiger partial charge >= 0.3 is 5.97 Å². The molecule has 2 nitrogen and oxygen atoms in total. The Morgan fingerprint density at radius 1 is 1.26 bits per heavy atom.